The number of aliphatic hydroxyl groups excluding tert-OH is 1. The molecule has 0 heterocycles. The molecule has 1 amide bonds. The van der Waals surface area contributed by atoms with Crippen LogP contribution in [0.5, 0.6) is 0 Å². The number of hydrogen-bond acceptors (Lipinski definition) is 7. The van der Waals surface area contributed by atoms with Crippen molar-refractivity contribution in [1.29, 1.82) is 0 Å². The van der Waals surface area contributed by atoms with Gasteiger partial charge in [0.1, 0.15) is 6.73 Å². The lowest BCUT2D eigenvalue weighted by molar-refractivity contribution is -0.137. The van der Waals surface area contributed by atoms with Gasteiger partial charge in [-0.25, -0.2) is 9.59 Å². The molecule has 9 nitrogen and oxygen atoms in total. The van der Waals surface area contributed by atoms with Crippen molar-refractivity contribution < 1.29 is 34.1 Å². The van der Waals surface area contributed by atoms with E-state index >= 15 is 0 Å². The van der Waals surface area contributed by atoms with Crippen molar-refractivity contribution in [3.05, 3.63) is 80.4 Å². The van der Waals surface area contributed by atoms with E-state index in [-0.39, 0.29) is 25.2 Å². The van der Waals surface area contributed by atoms with Crippen LogP contribution < -0.4 is 5.32 Å². The Morgan fingerprint density at radius 1 is 1.00 bits per heavy atom. The fourth-order valence-corrected chi connectivity index (χ4v) is 1.50. The standard InChI is InChI=1S/C8H15NO2.C8H8.C5H8O2.C4H11NO.C3H4O2/c1-3-5-6-11-7-9-8(10)4-2;1-2-8-6-4-3-5-7-8;1-3-5(6)7-4-2;1-5(2)3-4-6;1-2-3(4)5/h4H,2-3,5-7H2,1H3,(H,9,10);2-7H,1H2;3H,1,4H2,2H3;6H,3-4H2,1-2H3;2H,1H2,(H,4,5). The molecule has 3 N–H and O–H groups in total. The first kappa shape index (κ1) is 40.6. The number of nitrogens with one attached hydrogen (secondary N) is 1. The fraction of sp³-hybridized carbons (Fsp3) is 0.393. The lowest BCUT2D eigenvalue weighted by atomic mass is 10.2. The zero-order valence-corrected chi connectivity index (χ0v) is 22.9. The summed E-state index contributed by atoms with van der Waals surface area (Å²) in [4.78, 5) is 31.8. The van der Waals surface area contributed by atoms with Gasteiger partial charge < -0.3 is 29.9 Å². The van der Waals surface area contributed by atoms with E-state index in [1.807, 2.05) is 55.4 Å². The molecule has 0 aliphatic heterocycles. The second-order valence-corrected chi connectivity index (χ2v) is 6.79. The van der Waals surface area contributed by atoms with E-state index in [2.05, 4.69) is 43.3 Å². The third-order valence-corrected chi connectivity index (χ3v) is 3.39. The molecule has 0 aliphatic carbocycles. The highest BCUT2D eigenvalue weighted by atomic mass is 16.5. The van der Waals surface area contributed by atoms with Crippen molar-refractivity contribution in [3.63, 3.8) is 0 Å². The number of amides is 1. The number of rotatable bonds is 12. The number of aliphatic carboxylic acids is 1. The predicted octanol–water partition coefficient (Wildman–Crippen LogP) is 3.93. The molecule has 1 aromatic carbocycles. The normalized spacial score (nSPS) is 8.49. The number of ether oxygens (including phenoxy) is 2. The lowest BCUT2D eigenvalue weighted by Gasteiger charge is -2.03. The zero-order valence-electron chi connectivity index (χ0n) is 22.9. The van der Waals surface area contributed by atoms with Gasteiger partial charge in [0.15, 0.2) is 0 Å². The van der Waals surface area contributed by atoms with Gasteiger partial charge in [0, 0.05) is 25.3 Å². The molecular formula is C28H46N2O7. The van der Waals surface area contributed by atoms with Gasteiger partial charge in [-0.15, -0.1) is 0 Å². The lowest BCUT2D eigenvalue weighted by Crippen LogP contribution is -2.23. The quantitative estimate of drug-likeness (QED) is 0.163. The summed E-state index contributed by atoms with van der Waals surface area (Å²) in [6.07, 6.45) is 7.17. The number of hydrogen-bond donors (Lipinski definition) is 3. The van der Waals surface area contributed by atoms with E-state index in [0.717, 1.165) is 31.5 Å². The minimum Gasteiger partial charge on any atom is -0.478 e. The first-order valence-electron chi connectivity index (χ1n) is 11.6. The number of carboxylic acids is 1. The topological polar surface area (TPSA) is 125 Å². The maximum Gasteiger partial charge on any atom is 0.330 e. The molecule has 0 fully saturated rings. The number of carboxylic acid groups (broad SMARTS) is 1. The minimum atomic E-state index is -0.981. The summed E-state index contributed by atoms with van der Waals surface area (Å²) in [5, 5.41) is 18.3. The van der Waals surface area contributed by atoms with Crippen LogP contribution in [-0.2, 0) is 23.9 Å². The number of carbonyl (C=O) groups is 3. The third kappa shape index (κ3) is 46.5. The fourth-order valence-electron chi connectivity index (χ4n) is 1.50. The van der Waals surface area contributed by atoms with E-state index in [4.69, 9.17) is 14.9 Å². The Morgan fingerprint density at radius 3 is 1.84 bits per heavy atom. The predicted molar refractivity (Wildman–Crippen MR) is 151 cm³/mol. The molecule has 0 spiro atoms. The van der Waals surface area contributed by atoms with Gasteiger partial charge in [-0.05, 0) is 39.1 Å². The highest BCUT2D eigenvalue weighted by molar-refractivity contribution is 5.86. The third-order valence-electron chi connectivity index (χ3n) is 3.39. The van der Waals surface area contributed by atoms with Crippen LogP contribution in [0.25, 0.3) is 6.08 Å². The summed E-state index contributed by atoms with van der Waals surface area (Å²) >= 11 is 0. The smallest absolute Gasteiger partial charge is 0.330 e. The van der Waals surface area contributed by atoms with Crippen molar-refractivity contribution in [2.75, 3.05) is 47.2 Å². The molecule has 0 saturated heterocycles. The van der Waals surface area contributed by atoms with Crippen LogP contribution in [-0.4, -0.2) is 80.2 Å². The van der Waals surface area contributed by atoms with Crippen molar-refractivity contribution in [2.24, 2.45) is 0 Å². The Balaban J connectivity index is -0.000000189. The molecule has 0 radical (unpaired) electrons. The maximum atomic E-state index is 10.5. The van der Waals surface area contributed by atoms with E-state index < -0.39 is 5.97 Å². The van der Waals surface area contributed by atoms with Crippen LogP contribution in [0.4, 0.5) is 0 Å². The number of carbonyl (C=O) groups excluding carboxylic acids is 2. The maximum absolute atomic E-state index is 10.5. The van der Waals surface area contributed by atoms with Crippen LogP contribution in [0.15, 0.2) is 74.9 Å². The minimum absolute atomic E-state index is 0.193. The summed E-state index contributed by atoms with van der Waals surface area (Å²) in [5.41, 5.74) is 1.17. The second-order valence-electron chi connectivity index (χ2n) is 6.79. The summed E-state index contributed by atoms with van der Waals surface area (Å²) in [7, 11) is 3.85. The van der Waals surface area contributed by atoms with E-state index in [1.54, 1.807) is 6.92 Å². The number of esters is 1. The Hall–Kier alpha value is -3.53. The zero-order chi connectivity index (χ0) is 29.3. The van der Waals surface area contributed by atoms with Crippen LogP contribution in [0.3, 0.4) is 0 Å². The average molecular weight is 523 g/mol. The highest BCUT2D eigenvalue weighted by Crippen LogP contribution is 1.97. The van der Waals surface area contributed by atoms with Crippen molar-refractivity contribution >= 4 is 23.9 Å². The summed E-state index contributed by atoms with van der Waals surface area (Å²) in [6, 6.07) is 10.0. The SMILES string of the molecule is C=CC(=O)NCOCCCC.C=CC(=O)O.C=CC(=O)OCC.C=Cc1ccccc1.CN(C)CCO. The Labute approximate surface area is 222 Å². The van der Waals surface area contributed by atoms with Gasteiger partial charge in [0.25, 0.3) is 0 Å². The van der Waals surface area contributed by atoms with E-state index in [9.17, 15) is 14.4 Å². The van der Waals surface area contributed by atoms with Crippen LogP contribution in [0.1, 0.15) is 32.3 Å². The molecule has 0 saturated carbocycles. The molecule has 0 unspecified atom stereocenters. The van der Waals surface area contributed by atoms with E-state index in [1.165, 1.54) is 11.6 Å². The first-order chi connectivity index (χ1) is 17.6. The molecule has 210 valence electrons. The van der Waals surface area contributed by atoms with Gasteiger partial charge in [0.05, 0.1) is 13.2 Å². The van der Waals surface area contributed by atoms with Gasteiger partial charge in [-0.3, -0.25) is 4.79 Å². The molecule has 0 aromatic heterocycles. The first-order valence-corrected chi connectivity index (χ1v) is 11.6. The highest BCUT2D eigenvalue weighted by Gasteiger charge is 1.90. The summed E-state index contributed by atoms with van der Waals surface area (Å²) in [6.45, 7) is 19.4. The monoisotopic (exact) mass is 522 g/mol. The van der Waals surface area contributed by atoms with Crippen LogP contribution >= 0.6 is 0 Å². The number of likely N-dealkylation sites (N-methyl/N-ethyl adjacent to an activating group) is 1. The number of unbranched alkanes of at least 4 members (excludes halogenated alkanes) is 1. The summed E-state index contributed by atoms with van der Waals surface area (Å²) < 4.78 is 9.50. The second kappa shape index (κ2) is 34.6. The van der Waals surface area contributed by atoms with Gasteiger partial charge in [-0.1, -0.05) is 76.1 Å². The number of benzene rings is 1. The molecule has 9 heteroatoms. The largest absolute Gasteiger partial charge is 0.478 e. The van der Waals surface area contributed by atoms with Crippen LogP contribution in [0, 0.1) is 0 Å². The van der Waals surface area contributed by atoms with E-state index in [0.29, 0.717) is 13.2 Å². The molecule has 37 heavy (non-hydrogen) atoms. The Morgan fingerprint density at radius 2 is 1.57 bits per heavy atom. The van der Waals surface area contributed by atoms with Gasteiger partial charge in [-0.2, -0.15) is 0 Å². The molecule has 0 atom stereocenters. The summed E-state index contributed by atoms with van der Waals surface area (Å²) in [5.74, 6) is -1.53. The van der Waals surface area contributed by atoms with Crippen molar-refractivity contribution in [1.82, 2.24) is 10.2 Å². The Kier molecular flexibility index (Phi) is 38.0. The number of nitrogens with zero attached hydrogens (tertiary/aromatic N) is 1. The molecule has 0 aliphatic rings. The van der Waals surface area contributed by atoms with Crippen molar-refractivity contribution in [3.8, 4) is 0 Å². The van der Waals surface area contributed by atoms with Gasteiger partial charge in [0.2, 0.25) is 5.91 Å². The molecule has 1 rings (SSSR count). The number of aliphatic hydroxyl groups is 1. The van der Waals surface area contributed by atoms with Gasteiger partial charge >= 0.3 is 11.9 Å². The Bertz CT molecular complexity index is 721. The van der Waals surface area contributed by atoms with Crippen LogP contribution in [0.2, 0.25) is 0 Å². The molecule has 1 aromatic rings. The average Bonchev–Trinajstić information content (AvgIpc) is 2.90. The van der Waals surface area contributed by atoms with Crippen molar-refractivity contribution in [2.45, 2.75) is 26.7 Å². The molecule has 0 bridgehead atoms. The molecular weight excluding hydrogens is 476 g/mol.